The number of benzene rings is 1. The topological polar surface area (TPSA) is 117 Å². The highest BCUT2D eigenvalue weighted by Gasteiger charge is 2.22. The summed E-state index contributed by atoms with van der Waals surface area (Å²) in [4.78, 5) is 35.7. The molecule has 1 aromatic heterocycles. The number of aryl methyl sites for hydroxylation is 2. The summed E-state index contributed by atoms with van der Waals surface area (Å²) in [6.07, 6.45) is 1.81. The van der Waals surface area contributed by atoms with Crippen LogP contribution in [-0.2, 0) is 16.0 Å². The molecule has 0 saturated heterocycles. The number of aromatic hydroxyl groups is 1. The first kappa shape index (κ1) is 19.8. The fraction of sp³-hybridized carbons (Fsp3) is 0.389. The molecule has 2 rings (SSSR count). The number of carbonyl (C=O) groups excluding carboxylic acids is 1. The van der Waals surface area contributed by atoms with Crippen molar-refractivity contribution in [3.63, 3.8) is 0 Å². The van der Waals surface area contributed by atoms with E-state index in [0.717, 1.165) is 5.56 Å². The lowest BCUT2D eigenvalue weighted by Gasteiger charge is -2.15. The summed E-state index contributed by atoms with van der Waals surface area (Å²) in [6, 6.07) is 2.16. The van der Waals surface area contributed by atoms with Crippen LogP contribution in [0.3, 0.4) is 0 Å². The zero-order valence-corrected chi connectivity index (χ0v) is 15.6. The van der Waals surface area contributed by atoms with Gasteiger partial charge in [0.15, 0.2) is 0 Å². The van der Waals surface area contributed by atoms with Crippen LogP contribution in [0.4, 0.5) is 0 Å². The smallest absolute Gasteiger partial charge is 0.340 e. The van der Waals surface area contributed by atoms with E-state index in [1.165, 1.54) is 11.8 Å². The maximum atomic E-state index is 12.3. The van der Waals surface area contributed by atoms with Gasteiger partial charge in [0, 0.05) is 0 Å². The monoisotopic (exact) mass is 379 g/mol. The summed E-state index contributed by atoms with van der Waals surface area (Å²) in [5.74, 6) is -1.16. The molecule has 140 valence electrons. The van der Waals surface area contributed by atoms with Crippen LogP contribution in [0.5, 0.6) is 5.75 Å². The van der Waals surface area contributed by atoms with Gasteiger partial charge in [-0.05, 0) is 55.5 Å². The Morgan fingerprint density at radius 1 is 1.31 bits per heavy atom. The van der Waals surface area contributed by atoms with Crippen LogP contribution < -0.4 is 10.9 Å². The fourth-order valence-corrected chi connectivity index (χ4v) is 3.23. The molecule has 0 spiro atoms. The zero-order valence-electron chi connectivity index (χ0n) is 14.8. The molecule has 0 unspecified atom stereocenters. The largest absolute Gasteiger partial charge is 0.507 e. The lowest BCUT2D eigenvalue weighted by Crippen LogP contribution is -2.42. The van der Waals surface area contributed by atoms with E-state index >= 15 is 0 Å². The molecule has 0 fully saturated rings. The van der Waals surface area contributed by atoms with Crippen LogP contribution >= 0.6 is 11.8 Å². The van der Waals surface area contributed by atoms with Crippen LogP contribution in [0.2, 0.25) is 0 Å². The molecule has 0 aliphatic rings. The van der Waals surface area contributed by atoms with Crippen LogP contribution in [0.25, 0.3) is 11.0 Å². The van der Waals surface area contributed by atoms with Gasteiger partial charge >= 0.3 is 11.6 Å². The number of nitrogens with one attached hydrogen (secondary N) is 1. The van der Waals surface area contributed by atoms with Gasteiger partial charge in [0.25, 0.3) is 0 Å². The molecule has 1 amide bonds. The number of rotatable bonds is 7. The van der Waals surface area contributed by atoms with E-state index in [2.05, 4.69) is 5.32 Å². The predicted octanol–water partition coefficient (Wildman–Crippen LogP) is 1.98. The third-order valence-corrected chi connectivity index (χ3v) is 4.73. The maximum absolute atomic E-state index is 12.3. The Balaban J connectivity index is 2.31. The van der Waals surface area contributed by atoms with Gasteiger partial charge in [-0.1, -0.05) is 0 Å². The van der Waals surface area contributed by atoms with Crippen molar-refractivity contribution in [3.05, 3.63) is 39.2 Å². The van der Waals surface area contributed by atoms with E-state index in [1.54, 1.807) is 26.0 Å². The first-order chi connectivity index (χ1) is 12.2. The van der Waals surface area contributed by atoms with Gasteiger partial charge in [-0.3, -0.25) is 4.79 Å². The highest BCUT2D eigenvalue weighted by Crippen LogP contribution is 2.29. The van der Waals surface area contributed by atoms with Crippen molar-refractivity contribution in [1.82, 2.24) is 5.32 Å². The molecule has 1 aromatic carbocycles. The number of fused-ring (bicyclic) bond motifs is 1. The molecule has 0 bridgehead atoms. The maximum Gasteiger partial charge on any atom is 0.340 e. The zero-order chi connectivity index (χ0) is 19.4. The number of carboxylic acid groups (broad SMARTS) is 1. The van der Waals surface area contributed by atoms with E-state index < -0.39 is 23.5 Å². The van der Waals surface area contributed by atoms with Crippen LogP contribution in [-0.4, -0.2) is 40.1 Å². The van der Waals surface area contributed by atoms with Crippen LogP contribution in [0.1, 0.15) is 23.1 Å². The molecule has 8 heteroatoms. The lowest BCUT2D eigenvalue weighted by molar-refractivity contribution is -0.141. The standard InChI is InChI=1S/C18H21NO6S/c1-9-6-13(20)16-10(2)11(18(24)25-14(16)7-9)8-15(21)19-12(17(22)23)4-5-26-3/h6-7,12,20H,4-5,8H2,1-3H3,(H,19,21)(H,22,23)/t12-/m1/s1. The highest BCUT2D eigenvalue weighted by atomic mass is 32.2. The molecule has 0 radical (unpaired) electrons. The van der Waals surface area contributed by atoms with Gasteiger partial charge < -0.3 is 19.9 Å². The number of thioether (sulfide) groups is 1. The minimum absolute atomic E-state index is 0.0358. The summed E-state index contributed by atoms with van der Waals surface area (Å²) in [7, 11) is 0. The highest BCUT2D eigenvalue weighted by molar-refractivity contribution is 7.98. The van der Waals surface area contributed by atoms with Gasteiger partial charge in [0.05, 0.1) is 17.4 Å². The Morgan fingerprint density at radius 3 is 2.62 bits per heavy atom. The molecule has 3 N–H and O–H groups in total. The molecule has 0 aliphatic carbocycles. The second kappa shape index (κ2) is 8.27. The summed E-state index contributed by atoms with van der Waals surface area (Å²) < 4.78 is 5.24. The quantitative estimate of drug-likeness (QED) is 0.630. The van der Waals surface area contributed by atoms with Crippen molar-refractivity contribution in [3.8, 4) is 5.75 Å². The number of carboxylic acids is 1. The Hall–Kier alpha value is -2.48. The average Bonchev–Trinajstić information content (AvgIpc) is 2.54. The van der Waals surface area contributed by atoms with Crippen molar-refractivity contribution in [2.24, 2.45) is 0 Å². The molecule has 0 saturated carbocycles. The fourth-order valence-electron chi connectivity index (χ4n) is 2.76. The second-order valence-electron chi connectivity index (χ2n) is 6.07. The van der Waals surface area contributed by atoms with Crippen molar-refractivity contribution in [2.75, 3.05) is 12.0 Å². The third-order valence-electron chi connectivity index (χ3n) is 4.08. The Morgan fingerprint density at radius 2 is 2.00 bits per heavy atom. The minimum Gasteiger partial charge on any atom is -0.507 e. The number of carbonyl (C=O) groups is 2. The summed E-state index contributed by atoms with van der Waals surface area (Å²) in [6.45, 7) is 3.38. The Labute approximate surface area is 154 Å². The van der Waals surface area contributed by atoms with Crippen molar-refractivity contribution in [2.45, 2.75) is 32.7 Å². The summed E-state index contributed by atoms with van der Waals surface area (Å²) in [5, 5.41) is 22.1. The first-order valence-corrected chi connectivity index (χ1v) is 9.41. The van der Waals surface area contributed by atoms with E-state index in [9.17, 15) is 24.6 Å². The molecule has 7 nitrogen and oxygen atoms in total. The number of phenolic OH excluding ortho intramolecular Hbond substituents is 1. The average molecular weight is 379 g/mol. The molecule has 0 aliphatic heterocycles. The lowest BCUT2D eigenvalue weighted by atomic mass is 10.0. The number of aliphatic carboxylic acids is 1. The molecule has 1 atom stereocenters. The van der Waals surface area contributed by atoms with E-state index in [-0.39, 0.29) is 29.7 Å². The van der Waals surface area contributed by atoms with E-state index in [0.29, 0.717) is 16.7 Å². The van der Waals surface area contributed by atoms with Crippen LogP contribution in [0, 0.1) is 13.8 Å². The van der Waals surface area contributed by atoms with Gasteiger partial charge in [-0.15, -0.1) is 0 Å². The van der Waals surface area contributed by atoms with Gasteiger partial charge in [0.2, 0.25) is 5.91 Å². The molecule has 1 heterocycles. The minimum atomic E-state index is -1.12. The number of amides is 1. The predicted molar refractivity (Wildman–Crippen MR) is 99.9 cm³/mol. The van der Waals surface area contributed by atoms with Gasteiger partial charge in [0.1, 0.15) is 17.4 Å². The van der Waals surface area contributed by atoms with Crippen molar-refractivity contribution in [1.29, 1.82) is 0 Å². The third kappa shape index (κ3) is 4.37. The van der Waals surface area contributed by atoms with Crippen LogP contribution in [0.15, 0.2) is 21.3 Å². The van der Waals surface area contributed by atoms with E-state index in [1.807, 2.05) is 6.26 Å². The molecule has 2 aromatic rings. The summed E-state index contributed by atoms with van der Waals surface area (Å²) >= 11 is 1.48. The first-order valence-electron chi connectivity index (χ1n) is 8.01. The van der Waals surface area contributed by atoms with E-state index in [4.69, 9.17) is 4.42 Å². The number of hydrogen-bond donors (Lipinski definition) is 3. The van der Waals surface area contributed by atoms with Gasteiger partial charge in [-0.2, -0.15) is 11.8 Å². The number of hydrogen-bond acceptors (Lipinski definition) is 6. The molecular weight excluding hydrogens is 358 g/mol. The van der Waals surface area contributed by atoms with Crippen molar-refractivity contribution >= 4 is 34.6 Å². The molecular formula is C18H21NO6S. The van der Waals surface area contributed by atoms with Crippen molar-refractivity contribution < 1.29 is 24.2 Å². The SMILES string of the molecule is CSCC[C@@H](NC(=O)Cc1c(C)c2c(O)cc(C)cc2oc1=O)C(=O)O. The Bertz CT molecular complexity index is 905. The van der Waals surface area contributed by atoms with Gasteiger partial charge in [-0.25, -0.2) is 9.59 Å². The number of phenols is 1. The molecule has 26 heavy (non-hydrogen) atoms. The Kier molecular flexibility index (Phi) is 6.31. The normalized spacial score (nSPS) is 12.1. The second-order valence-corrected chi connectivity index (χ2v) is 7.05. The summed E-state index contributed by atoms with van der Waals surface area (Å²) in [5.41, 5.74) is 0.855.